The Labute approximate surface area is 171 Å². The number of anilines is 1. The molecule has 3 aromatic carbocycles. The molecule has 0 aromatic heterocycles. The second-order valence-corrected chi connectivity index (χ2v) is 7.44. The molecule has 0 bridgehead atoms. The number of hydrogen-bond donors (Lipinski definition) is 1. The third-order valence-electron chi connectivity index (χ3n) is 4.19. The van der Waals surface area contributed by atoms with Gasteiger partial charge in [0.1, 0.15) is 12.4 Å². The maximum atomic E-state index is 6.03. The van der Waals surface area contributed by atoms with E-state index in [4.69, 9.17) is 25.8 Å². The Hall–Kier alpha value is -2.37. The van der Waals surface area contributed by atoms with Crippen LogP contribution in [-0.4, -0.2) is 6.79 Å². The quantitative estimate of drug-likeness (QED) is 0.502. The summed E-state index contributed by atoms with van der Waals surface area (Å²) in [6.45, 7) is 1.37. The lowest BCUT2D eigenvalue weighted by molar-refractivity contribution is 0.174. The minimum atomic E-state index is 0.271. The zero-order valence-electron chi connectivity index (χ0n) is 14.4. The van der Waals surface area contributed by atoms with E-state index in [1.54, 1.807) is 0 Å². The number of rotatable bonds is 6. The molecule has 0 unspecified atom stereocenters. The highest BCUT2D eigenvalue weighted by atomic mass is 79.9. The minimum Gasteiger partial charge on any atom is -0.489 e. The van der Waals surface area contributed by atoms with Crippen molar-refractivity contribution in [2.24, 2.45) is 0 Å². The van der Waals surface area contributed by atoms with E-state index in [-0.39, 0.29) is 6.79 Å². The lowest BCUT2D eigenvalue weighted by Crippen LogP contribution is -2.04. The van der Waals surface area contributed by atoms with E-state index in [9.17, 15) is 0 Å². The Morgan fingerprint density at radius 1 is 0.963 bits per heavy atom. The van der Waals surface area contributed by atoms with Gasteiger partial charge in [-0.15, -0.1) is 0 Å². The van der Waals surface area contributed by atoms with E-state index in [1.165, 1.54) is 0 Å². The smallest absolute Gasteiger partial charge is 0.231 e. The van der Waals surface area contributed by atoms with Gasteiger partial charge < -0.3 is 19.5 Å². The van der Waals surface area contributed by atoms with Crippen LogP contribution in [0.25, 0.3) is 0 Å². The van der Waals surface area contributed by atoms with Crippen molar-refractivity contribution in [3.05, 3.63) is 81.3 Å². The summed E-state index contributed by atoms with van der Waals surface area (Å²) in [6.07, 6.45) is 0. The molecule has 0 atom stereocenters. The van der Waals surface area contributed by atoms with Crippen LogP contribution in [0.5, 0.6) is 17.2 Å². The standard InChI is InChI=1S/C21H17BrClNO3/c22-16-3-7-19(25-12-14-1-4-17(23)5-2-14)15(9-16)11-24-18-6-8-20-21(10-18)27-13-26-20/h1-10,24H,11-13H2. The van der Waals surface area contributed by atoms with Crippen LogP contribution in [-0.2, 0) is 13.2 Å². The molecule has 0 saturated carbocycles. The van der Waals surface area contributed by atoms with Crippen molar-refractivity contribution in [1.29, 1.82) is 0 Å². The Morgan fingerprint density at radius 2 is 1.78 bits per heavy atom. The minimum absolute atomic E-state index is 0.271. The van der Waals surface area contributed by atoms with Crippen LogP contribution in [0.4, 0.5) is 5.69 Å². The number of fused-ring (bicyclic) bond motifs is 1. The van der Waals surface area contributed by atoms with E-state index in [0.29, 0.717) is 13.2 Å². The molecule has 1 heterocycles. The summed E-state index contributed by atoms with van der Waals surface area (Å²) in [5, 5.41) is 4.13. The normalized spacial score (nSPS) is 12.1. The molecule has 3 aromatic rings. The predicted octanol–water partition coefficient (Wildman–Crippen LogP) is 6.02. The molecule has 0 spiro atoms. The number of halogens is 2. The summed E-state index contributed by atoms with van der Waals surface area (Å²) >= 11 is 9.47. The van der Waals surface area contributed by atoms with Gasteiger partial charge in [-0.3, -0.25) is 0 Å². The second-order valence-electron chi connectivity index (χ2n) is 6.09. The van der Waals surface area contributed by atoms with Crippen molar-refractivity contribution in [2.75, 3.05) is 12.1 Å². The van der Waals surface area contributed by atoms with Crippen molar-refractivity contribution in [3.8, 4) is 17.2 Å². The van der Waals surface area contributed by atoms with Crippen molar-refractivity contribution < 1.29 is 14.2 Å². The molecular weight excluding hydrogens is 430 g/mol. The molecule has 4 rings (SSSR count). The zero-order chi connectivity index (χ0) is 18.6. The Morgan fingerprint density at radius 3 is 2.63 bits per heavy atom. The number of hydrogen-bond acceptors (Lipinski definition) is 4. The fraction of sp³-hybridized carbons (Fsp3) is 0.143. The molecule has 6 heteroatoms. The molecule has 1 N–H and O–H groups in total. The van der Waals surface area contributed by atoms with E-state index in [2.05, 4.69) is 27.3 Å². The largest absolute Gasteiger partial charge is 0.489 e. The van der Waals surface area contributed by atoms with Crippen molar-refractivity contribution in [1.82, 2.24) is 0 Å². The fourth-order valence-corrected chi connectivity index (χ4v) is 3.31. The summed E-state index contributed by atoms with van der Waals surface area (Å²) in [5.41, 5.74) is 3.08. The molecule has 0 radical (unpaired) electrons. The number of ether oxygens (including phenoxy) is 3. The lowest BCUT2D eigenvalue weighted by atomic mass is 10.2. The topological polar surface area (TPSA) is 39.7 Å². The molecule has 138 valence electrons. The first kappa shape index (κ1) is 18.0. The highest BCUT2D eigenvalue weighted by Gasteiger charge is 2.13. The molecule has 27 heavy (non-hydrogen) atoms. The van der Waals surface area contributed by atoms with Crippen LogP contribution >= 0.6 is 27.5 Å². The molecule has 1 aliphatic heterocycles. The van der Waals surface area contributed by atoms with Gasteiger partial charge in [0.2, 0.25) is 6.79 Å². The van der Waals surface area contributed by atoms with Crippen LogP contribution in [0.3, 0.4) is 0 Å². The molecule has 0 saturated heterocycles. The maximum absolute atomic E-state index is 6.03. The van der Waals surface area contributed by atoms with E-state index < -0.39 is 0 Å². The summed E-state index contributed by atoms with van der Waals surface area (Å²) in [7, 11) is 0. The summed E-state index contributed by atoms with van der Waals surface area (Å²) in [4.78, 5) is 0. The first-order chi connectivity index (χ1) is 13.2. The molecule has 4 nitrogen and oxygen atoms in total. The fourth-order valence-electron chi connectivity index (χ4n) is 2.77. The SMILES string of the molecule is Clc1ccc(COc2ccc(Br)cc2CNc2ccc3c(c2)OCO3)cc1. The molecule has 0 fully saturated rings. The van der Waals surface area contributed by atoms with Gasteiger partial charge in [-0.05, 0) is 48.0 Å². The van der Waals surface area contributed by atoms with E-state index in [1.807, 2.05) is 54.6 Å². The monoisotopic (exact) mass is 445 g/mol. The zero-order valence-corrected chi connectivity index (χ0v) is 16.7. The van der Waals surface area contributed by atoms with Gasteiger partial charge in [-0.2, -0.15) is 0 Å². The average Bonchev–Trinajstić information content (AvgIpc) is 3.15. The summed E-state index contributed by atoms with van der Waals surface area (Å²) in [6, 6.07) is 19.5. The summed E-state index contributed by atoms with van der Waals surface area (Å²) < 4.78 is 17.8. The average molecular weight is 447 g/mol. The van der Waals surface area contributed by atoms with Crippen molar-refractivity contribution in [2.45, 2.75) is 13.2 Å². The first-order valence-electron chi connectivity index (χ1n) is 8.46. The second kappa shape index (κ2) is 8.11. The van der Waals surface area contributed by atoms with Gasteiger partial charge in [-0.25, -0.2) is 0 Å². The van der Waals surface area contributed by atoms with Gasteiger partial charge >= 0.3 is 0 Å². The summed E-state index contributed by atoms with van der Waals surface area (Å²) in [5.74, 6) is 2.37. The predicted molar refractivity (Wildman–Crippen MR) is 110 cm³/mol. The Kier molecular flexibility index (Phi) is 5.41. The molecule has 0 amide bonds. The lowest BCUT2D eigenvalue weighted by Gasteiger charge is -2.14. The molecule has 1 aliphatic rings. The van der Waals surface area contributed by atoms with Gasteiger partial charge in [0.15, 0.2) is 11.5 Å². The highest BCUT2D eigenvalue weighted by Crippen LogP contribution is 2.34. The molecular formula is C21H17BrClNO3. The Bertz CT molecular complexity index is 947. The maximum Gasteiger partial charge on any atom is 0.231 e. The third kappa shape index (κ3) is 4.49. The van der Waals surface area contributed by atoms with Gasteiger partial charge in [-0.1, -0.05) is 39.7 Å². The van der Waals surface area contributed by atoms with Crippen LogP contribution in [0.1, 0.15) is 11.1 Å². The van der Waals surface area contributed by atoms with Crippen LogP contribution in [0, 0.1) is 0 Å². The Balaban J connectivity index is 1.45. The van der Waals surface area contributed by atoms with Gasteiger partial charge in [0, 0.05) is 33.4 Å². The van der Waals surface area contributed by atoms with Gasteiger partial charge in [0.25, 0.3) is 0 Å². The third-order valence-corrected chi connectivity index (χ3v) is 4.93. The molecule has 0 aliphatic carbocycles. The van der Waals surface area contributed by atoms with Crippen LogP contribution < -0.4 is 19.5 Å². The van der Waals surface area contributed by atoms with Crippen LogP contribution in [0.15, 0.2) is 65.1 Å². The van der Waals surface area contributed by atoms with Crippen molar-refractivity contribution >= 4 is 33.2 Å². The van der Waals surface area contributed by atoms with Crippen molar-refractivity contribution in [3.63, 3.8) is 0 Å². The van der Waals surface area contributed by atoms with E-state index >= 15 is 0 Å². The number of nitrogens with one attached hydrogen (secondary N) is 1. The van der Waals surface area contributed by atoms with Gasteiger partial charge in [0.05, 0.1) is 0 Å². The highest BCUT2D eigenvalue weighted by molar-refractivity contribution is 9.10. The van der Waals surface area contributed by atoms with E-state index in [0.717, 1.165) is 43.6 Å². The number of benzene rings is 3. The first-order valence-corrected chi connectivity index (χ1v) is 9.64. The van der Waals surface area contributed by atoms with Crippen LogP contribution in [0.2, 0.25) is 5.02 Å².